The molecule has 0 aliphatic carbocycles. The predicted octanol–water partition coefficient (Wildman–Crippen LogP) is 1.59. The smallest absolute Gasteiger partial charge is 0.312 e. The van der Waals surface area contributed by atoms with Crippen molar-refractivity contribution < 1.29 is 4.79 Å². The van der Waals surface area contributed by atoms with Crippen LogP contribution >= 0.6 is 0 Å². The molecule has 0 radical (unpaired) electrons. The lowest BCUT2D eigenvalue weighted by atomic mass is 9.89. The Bertz CT molecular complexity index is 495. The molecule has 1 aromatic rings. The lowest BCUT2D eigenvalue weighted by Crippen LogP contribution is -2.54. The third-order valence-electron chi connectivity index (χ3n) is 3.65. The molecule has 1 fully saturated rings. The molecule has 1 aromatic carbocycles. The van der Waals surface area contributed by atoms with Crippen LogP contribution in [-0.4, -0.2) is 24.7 Å². The van der Waals surface area contributed by atoms with E-state index in [4.69, 9.17) is 11.0 Å². The first-order valence-electron chi connectivity index (χ1n) is 6.35. The van der Waals surface area contributed by atoms with E-state index < -0.39 is 6.03 Å². The number of hydrogen-bond donors (Lipinski definition) is 2. The van der Waals surface area contributed by atoms with Crippen LogP contribution in [0.3, 0.4) is 0 Å². The Labute approximate surface area is 113 Å². The molecule has 19 heavy (non-hydrogen) atoms. The molecule has 100 valence electrons. The Morgan fingerprint density at radius 1 is 1.37 bits per heavy atom. The zero-order valence-electron chi connectivity index (χ0n) is 11.0. The third kappa shape index (κ3) is 3.16. The van der Waals surface area contributed by atoms with Gasteiger partial charge in [0.15, 0.2) is 0 Å². The number of carbonyl (C=O) groups is 1. The van der Waals surface area contributed by atoms with Gasteiger partial charge in [0.05, 0.1) is 11.6 Å². The molecular weight excluding hydrogens is 240 g/mol. The SMILES string of the molecule is CC1(NC(N)=O)CCN(c2ccc(C#N)cc2)CC1. The minimum Gasteiger partial charge on any atom is -0.371 e. The van der Waals surface area contributed by atoms with Crippen LogP contribution in [0.25, 0.3) is 0 Å². The number of nitrogens with one attached hydrogen (secondary N) is 1. The zero-order valence-corrected chi connectivity index (χ0v) is 11.0. The maximum absolute atomic E-state index is 11.0. The number of nitrogens with two attached hydrogens (primary N) is 1. The number of nitrogens with zero attached hydrogens (tertiary/aromatic N) is 2. The summed E-state index contributed by atoms with van der Waals surface area (Å²) in [7, 11) is 0. The number of amides is 2. The first-order valence-corrected chi connectivity index (χ1v) is 6.35. The molecule has 0 spiro atoms. The van der Waals surface area contributed by atoms with Crippen LogP contribution in [0.15, 0.2) is 24.3 Å². The first kappa shape index (κ1) is 13.2. The monoisotopic (exact) mass is 258 g/mol. The average Bonchev–Trinajstić information content (AvgIpc) is 2.38. The Hall–Kier alpha value is -2.22. The van der Waals surface area contributed by atoms with E-state index in [2.05, 4.69) is 16.3 Å². The molecule has 1 saturated heterocycles. The highest BCUT2D eigenvalue weighted by molar-refractivity contribution is 5.72. The number of urea groups is 1. The van der Waals surface area contributed by atoms with Crippen LogP contribution in [0.4, 0.5) is 10.5 Å². The summed E-state index contributed by atoms with van der Waals surface area (Å²) in [6.45, 7) is 3.75. The van der Waals surface area contributed by atoms with Gasteiger partial charge in [0.25, 0.3) is 0 Å². The Morgan fingerprint density at radius 3 is 2.42 bits per heavy atom. The van der Waals surface area contributed by atoms with Gasteiger partial charge in [-0.3, -0.25) is 0 Å². The van der Waals surface area contributed by atoms with E-state index in [-0.39, 0.29) is 5.54 Å². The molecule has 1 aliphatic heterocycles. The Balaban J connectivity index is 1.99. The highest BCUT2D eigenvalue weighted by atomic mass is 16.2. The van der Waals surface area contributed by atoms with Crippen LogP contribution in [0.1, 0.15) is 25.3 Å². The summed E-state index contributed by atoms with van der Waals surface area (Å²) < 4.78 is 0. The number of carbonyl (C=O) groups excluding carboxylic acids is 1. The highest BCUT2D eigenvalue weighted by Gasteiger charge is 2.30. The second-order valence-corrected chi connectivity index (χ2v) is 5.20. The minimum absolute atomic E-state index is 0.213. The van der Waals surface area contributed by atoms with Crippen molar-refractivity contribution in [3.05, 3.63) is 29.8 Å². The summed E-state index contributed by atoms with van der Waals surface area (Å²) in [5.41, 5.74) is 6.76. The lowest BCUT2D eigenvalue weighted by molar-refractivity contribution is 0.226. The van der Waals surface area contributed by atoms with Crippen molar-refractivity contribution in [2.75, 3.05) is 18.0 Å². The van der Waals surface area contributed by atoms with Crippen LogP contribution in [-0.2, 0) is 0 Å². The van der Waals surface area contributed by atoms with E-state index in [0.717, 1.165) is 31.6 Å². The number of rotatable bonds is 2. The van der Waals surface area contributed by atoms with E-state index in [1.54, 1.807) is 0 Å². The molecule has 0 saturated carbocycles. The fourth-order valence-corrected chi connectivity index (χ4v) is 2.43. The van der Waals surface area contributed by atoms with Gasteiger partial charge in [-0.1, -0.05) is 0 Å². The van der Waals surface area contributed by atoms with Crippen LogP contribution < -0.4 is 16.0 Å². The van der Waals surface area contributed by atoms with Gasteiger partial charge < -0.3 is 16.0 Å². The van der Waals surface area contributed by atoms with Gasteiger partial charge >= 0.3 is 6.03 Å². The molecule has 1 heterocycles. The van der Waals surface area contributed by atoms with Crippen LogP contribution in [0.2, 0.25) is 0 Å². The van der Waals surface area contributed by atoms with E-state index in [1.807, 2.05) is 31.2 Å². The van der Waals surface area contributed by atoms with Gasteiger partial charge in [-0.2, -0.15) is 5.26 Å². The second-order valence-electron chi connectivity index (χ2n) is 5.20. The van der Waals surface area contributed by atoms with Gasteiger partial charge in [-0.15, -0.1) is 0 Å². The van der Waals surface area contributed by atoms with Crippen molar-refractivity contribution in [2.24, 2.45) is 5.73 Å². The fourth-order valence-electron chi connectivity index (χ4n) is 2.43. The van der Waals surface area contributed by atoms with E-state index in [0.29, 0.717) is 5.56 Å². The van der Waals surface area contributed by atoms with E-state index in [9.17, 15) is 4.79 Å². The summed E-state index contributed by atoms with van der Waals surface area (Å²) in [6.07, 6.45) is 1.71. The number of primary amides is 1. The fraction of sp³-hybridized carbons (Fsp3) is 0.429. The van der Waals surface area contributed by atoms with Crippen LogP contribution in [0.5, 0.6) is 0 Å². The van der Waals surface area contributed by atoms with Crippen molar-refractivity contribution >= 4 is 11.7 Å². The van der Waals surface area contributed by atoms with Crippen LogP contribution in [0, 0.1) is 11.3 Å². The molecular formula is C14H18N4O. The van der Waals surface area contributed by atoms with Crippen molar-refractivity contribution in [2.45, 2.75) is 25.3 Å². The molecule has 0 atom stereocenters. The molecule has 0 bridgehead atoms. The molecule has 0 unspecified atom stereocenters. The molecule has 5 heteroatoms. The third-order valence-corrected chi connectivity index (χ3v) is 3.65. The van der Waals surface area contributed by atoms with E-state index in [1.165, 1.54) is 0 Å². The number of nitriles is 1. The lowest BCUT2D eigenvalue weighted by Gasteiger charge is -2.40. The highest BCUT2D eigenvalue weighted by Crippen LogP contribution is 2.26. The van der Waals surface area contributed by atoms with Crippen molar-refractivity contribution in [3.8, 4) is 6.07 Å². The largest absolute Gasteiger partial charge is 0.371 e. The maximum atomic E-state index is 11.0. The Kier molecular flexibility index (Phi) is 3.61. The molecule has 0 aromatic heterocycles. The van der Waals surface area contributed by atoms with Gasteiger partial charge in [0.1, 0.15) is 0 Å². The number of anilines is 1. The van der Waals surface area contributed by atoms with Gasteiger partial charge in [0.2, 0.25) is 0 Å². The van der Waals surface area contributed by atoms with Gasteiger partial charge in [-0.25, -0.2) is 4.79 Å². The molecule has 2 rings (SSSR count). The second kappa shape index (κ2) is 5.19. The predicted molar refractivity (Wildman–Crippen MR) is 73.7 cm³/mol. The maximum Gasteiger partial charge on any atom is 0.312 e. The molecule has 1 aliphatic rings. The molecule has 5 nitrogen and oxygen atoms in total. The number of piperidine rings is 1. The summed E-state index contributed by atoms with van der Waals surface area (Å²) in [6, 6.07) is 9.22. The summed E-state index contributed by atoms with van der Waals surface area (Å²) in [5, 5.41) is 11.6. The van der Waals surface area contributed by atoms with Crippen molar-refractivity contribution in [1.82, 2.24) is 5.32 Å². The van der Waals surface area contributed by atoms with Gasteiger partial charge in [0, 0.05) is 24.3 Å². The normalized spacial score (nSPS) is 17.6. The Morgan fingerprint density at radius 2 is 1.95 bits per heavy atom. The average molecular weight is 258 g/mol. The van der Waals surface area contributed by atoms with Crippen molar-refractivity contribution in [3.63, 3.8) is 0 Å². The molecule has 3 N–H and O–H groups in total. The molecule has 2 amide bonds. The standard InChI is InChI=1S/C14H18N4O/c1-14(17-13(16)19)6-8-18(9-7-14)12-4-2-11(10-15)3-5-12/h2-5H,6-9H2,1H3,(H3,16,17,19). The topological polar surface area (TPSA) is 82.2 Å². The minimum atomic E-state index is -0.464. The van der Waals surface area contributed by atoms with Gasteiger partial charge in [-0.05, 0) is 44.0 Å². The summed E-state index contributed by atoms with van der Waals surface area (Å²) >= 11 is 0. The first-order chi connectivity index (χ1) is 9.02. The zero-order chi connectivity index (χ0) is 13.9. The van der Waals surface area contributed by atoms with Crippen molar-refractivity contribution in [1.29, 1.82) is 5.26 Å². The number of hydrogen-bond acceptors (Lipinski definition) is 3. The summed E-state index contributed by atoms with van der Waals surface area (Å²) in [5.74, 6) is 0. The van der Waals surface area contributed by atoms with E-state index >= 15 is 0 Å². The number of benzene rings is 1. The quantitative estimate of drug-likeness (QED) is 0.845. The summed E-state index contributed by atoms with van der Waals surface area (Å²) in [4.78, 5) is 13.2.